The number of benzene rings is 1. The summed E-state index contributed by atoms with van der Waals surface area (Å²) < 4.78 is 25.5. The van der Waals surface area contributed by atoms with Gasteiger partial charge in [0.05, 0.1) is 15.9 Å². The second-order valence-electron chi connectivity index (χ2n) is 6.23. The lowest BCUT2D eigenvalue weighted by molar-refractivity contribution is 0.313. The molecule has 0 unspecified atom stereocenters. The van der Waals surface area contributed by atoms with Crippen LogP contribution in [0.4, 0.5) is 0 Å². The zero-order chi connectivity index (χ0) is 15.3. The minimum Gasteiger partial charge on any atom is -0.331 e. The molecule has 1 aliphatic rings. The van der Waals surface area contributed by atoms with Crippen LogP contribution in [-0.4, -0.2) is 37.3 Å². The number of imidazole rings is 1. The summed E-state index contributed by atoms with van der Waals surface area (Å²) >= 11 is 0. The number of aromatic nitrogens is 2. The molecule has 3 rings (SSSR count). The Morgan fingerprint density at radius 3 is 2.57 bits per heavy atom. The van der Waals surface area contributed by atoms with E-state index in [1.54, 1.807) is 12.1 Å². The first-order valence-corrected chi connectivity index (χ1v) is 9.08. The number of rotatable bonds is 2. The molecule has 1 aliphatic heterocycles. The number of piperidine rings is 1. The third-order valence-electron chi connectivity index (χ3n) is 4.53. The van der Waals surface area contributed by atoms with E-state index in [0.29, 0.717) is 4.90 Å². The van der Waals surface area contributed by atoms with Gasteiger partial charge in [-0.05, 0) is 44.1 Å². The Bertz CT molecular complexity index is 787. The zero-order valence-electron chi connectivity index (χ0n) is 12.7. The molecule has 1 aromatic heterocycles. The van der Waals surface area contributed by atoms with Crippen LogP contribution in [0.2, 0.25) is 0 Å². The van der Waals surface area contributed by atoms with Gasteiger partial charge in [-0.1, -0.05) is 6.92 Å². The SMILES string of the molecule is Cn1c(C2(C)CCNCC2)nc2cc(S(C)(=O)=O)ccc21. The number of fused-ring (bicyclic) bond motifs is 1. The van der Waals surface area contributed by atoms with Gasteiger partial charge < -0.3 is 9.88 Å². The maximum atomic E-state index is 11.7. The lowest BCUT2D eigenvalue weighted by Crippen LogP contribution is -2.39. The maximum Gasteiger partial charge on any atom is 0.175 e. The van der Waals surface area contributed by atoms with Gasteiger partial charge in [-0.25, -0.2) is 13.4 Å². The lowest BCUT2D eigenvalue weighted by atomic mass is 9.80. The van der Waals surface area contributed by atoms with Crippen LogP contribution in [0.25, 0.3) is 11.0 Å². The average molecular weight is 307 g/mol. The molecule has 0 spiro atoms. The monoisotopic (exact) mass is 307 g/mol. The van der Waals surface area contributed by atoms with Crippen molar-refractivity contribution < 1.29 is 8.42 Å². The number of aryl methyl sites for hydroxylation is 1. The lowest BCUT2D eigenvalue weighted by Gasteiger charge is -2.33. The van der Waals surface area contributed by atoms with Crippen LogP contribution in [0.15, 0.2) is 23.1 Å². The van der Waals surface area contributed by atoms with Crippen LogP contribution in [0.3, 0.4) is 0 Å². The molecule has 2 heterocycles. The molecule has 1 aromatic carbocycles. The molecular weight excluding hydrogens is 286 g/mol. The van der Waals surface area contributed by atoms with E-state index < -0.39 is 9.84 Å². The summed E-state index contributed by atoms with van der Waals surface area (Å²) in [5, 5.41) is 3.38. The van der Waals surface area contributed by atoms with Gasteiger partial charge in [-0.3, -0.25) is 0 Å². The molecule has 21 heavy (non-hydrogen) atoms. The van der Waals surface area contributed by atoms with Gasteiger partial charge >= 0.3 is 0 Å². The van der Waals surface area contributed by atoms with Crippen molar-refractivity contribution in [3.05, 3.63) is 24.0 Å². The largest absolute Gasteiger partial charge is 0.331 e. The van der Waals surface area contributed by atoms with Gasteiger partial charge in [0.2, 0.25) is 0 Å². The maximum absolute atomic E-state index is 11.7. The van der Waals surface area contributed by atoms with Crippen molar-refractivity contribution in [3.63, 3.8) is 0 Å². The topological polar surface area (TPSA) is 64.0 Å². The summed E-state index contributed by atoms with van der Waals surface area (Å²) in [4.78, 5) is 5.08. The van der Waals surface area contributed by atoms with E-state index in [-0.39, 0.29) is 5.41 Å². The highest BCUT2D eigenvalue weighted by molar-refractivity contribution is 7.90. The Kier molecular flexibility index (Phi) is 3.33. The molecule has 1 saturated heterocycles. The van der Waals surface area contributed by atoms with Crippen molar-refractivity contribution >= 4 is 20.9 Å². The van der Waals surface area contributed by atoms with Crippen LogP contribution in [0.5, 0.6) is 0 Å². The summed E-state index contributed by atoms with van der Waals surface area (Å²) in [6.45, 7) is 4.23. The van der Waals surface area contributed by atoms with E-state index >= 15 is 0 Å². The summed E-state index contributed by atoms with van der Waals surface area (Å²) in [6.07, 6.45) is 3.32. The molecule has 0 aliphatic carbocycles. The van der Waals surface area contributed by atoms with E-state index in [9.17, 15) is 8.42 Å². The van der Waals surface area contributed by atoms with E-state index in [0.717, 1.165) is 42.8 Å². The highest BCUT2D eigenvalue weighted by Gasteiger charge is 2.33. The predicted octanol–water partition coefficient (Wildman–Crippen LogP) is 1.62. The minimum absolute atomic E-state index is 0.0459. The highest BCUT2D eigenvalue weighted by Crippen LogP contribution is 2.34. The molecule has 0 radical (unpaired) electrons. The summed E-state index contributed by atoms with van der Waals surface area (Å²) in [7, 11) is -1.19. The van der Waals surface area contributed by atoms with E-state index in [4.69, 9.17) is 4.98 Å². The quantitative estimate of drug-likeness (QED) is 0.915. The Morgan fingerprint density at radius 2 is 1.95 bits per heavy atom. The van der Waals surface area contributed by atoms with Crippen molar-refractivity contribution in [1.29, 1.82) is 0 Å². The first kappa shape index (κ1) is 14.5. The fourth-order valence-corrected chi connectivity index (χ4v) is 3.79. The first-order chi connectivity index (χ1) is 9.81. The molecular formula is C15H21N3O2S. The van der Waals surface area contributed by atoms with Gasteiger partial charge in [0.1, 0.15) is 5.82 Å². The standard InChI is InChI=1S/C15H21N3O2S/c1-15(6-8-16-9-7-15)14-17-12-10-11(21(3,19)20)4-5-13(12)18(14)2/h4-5,10,16H,6-9H2,1-3H3. The Labute approximate surface area is 125 Å². The number of hydrogen-bond donors (Lipinski definition) is 1. The Balaban J connectivity index is 2.15. The van der Waals surface area contributed by atoms with Gasteiger partial charge in [-0.15, -0.1) is 0 Å². The van der Waals surface area contributed by atoms with Crippen LogP contribution in [0, 0.1) is 0 Å². The van der Waals surface area contributed by atoms with Crippen molar-refractivity contribution in [1.82, 2.24) is 14.9 Å². The number of nitrogens with one attached hydrogen (secondary N) is 1. The van der Waals surface area contributed by atoms with Crippen molar-refractivity contribution in [3.8, 4) is 0 Å². The van der Waals surface area contributed by atoms with Crippen LogP contribution in [-0.2, 0) is 22.3 Å². The summed E-state index contributed by atoms with van der Waals surface area (Å²) in [5.74, 6) is 1.05. The Hall–Kier alpha value is -1.40. The number of nitrogens with zero attached hydrogens (tertiary/aromatic N) is 2. The minimum atomic E-state index is -3.20. The van der Waals surface area contributed by atoms with Crippen molar-refractivity contribution in [2.24, 2.45) is 7.05 Å². The fourth-order valence-electron chi connectivity index (χ4n) is 3.15. The van der Waals surface area contributed by atoms with Gasteiger partial charge in [0.15, 0.2) is 9.84 Å². The van der Waals surface area contributed by atoms with Crippen LogP contribution >= 0.6 is 0 Å². The summed E-state index contributed by atoms with van der Waals surface area (Å²) in [5.41, 5.74) is 1.79. The number of hydrogen-bond acceptors (Lipinski definition) is 4. The first-order valence-electron chi connectivity index (χ1n) is 7.19. The Morgan fingerprint density at radius 1 is 1.29 bits per heavy atom. The normalized spacial score (nSPS) is 19.0. The van der Waals surface area contributed by atoms with Gasteiger partial charge in [0.25, 0.3) is 0 Å². The molecule has 0 atom stereocenters. The van der Waals surface area contributed by atoms with Crippen LogP contribution in [0.1, 0.15) is 25.6 Å². The van der Waals surface area contributed by atoms with Gasteiger partial charge in [0, 0.05) is 18.7 Å². The highest BCUT2D eigenvalue weighted by atomic mass is 32.2. The summed E-state index contributed by atoms with van der Waals surface area (Å²) in [6, 6.07) is 5.19. The average Bonchev–Trinajstić information content (AvgIpc) is 2.76. The van der Waals surface area contributed by atoms with Crippen molar-refractivity contribution in [2.45, 2.75) is 30.1 Å². The second kappa shape index (κ2) is 4.81. The molecule has 1 N–H and O–H groups in total. The van der Waals surface area contributed by atoms with Crippen LogP contribution < -0.4 is 5.32 Å². The molecule has 2 aromatic rings. The molecule has 1 fully saturated rings. The third kappa shape index (κ3) is 2.46. The second-order valence-corrected chi connectivity index (χ2v) is 8.24. The molecule has 0 amide bonds. The van der Waals surface area contributed by atoms with Gasteiger partial charge in [-0.2, -0.15) is 0 Å². The van der Waals surface area contributed by atoms with Crippen molar-refractivity contribution in [2.75, 3.05) is 19.3 Å². The fraction of sp³-hybridized carbons (Fsp3) is 0.533. The molecule has 5 nitrogen and oxygen atoms in total. The number of sulfone groups is 1. The van der Waals surface area contributed by atoms with E-state index in [1.807, 2.05) is 13.1 Å². The molecule has 6 heteroatoms. The molecule has 114 valence electrons. The van der Waals surface area contributed by atoms with E-state index in [1.165, 1.54) is 6.26 Å². The predicted molar refractivity (Wildman–Crippen MR) is 83.3 cm³/mol. The van der Waals surface area contributed by atoms with E-state index in [2.05, 4.69) is 16.8 Å². The zero-order valence-corrected chi connectivity index (χ0v) is 13.5. The smallest absolute Gasteiger partial charge is 0.175 e. The molecule has 0 bridgehead atoms. The molecule has 0 saturated carbocycles. The third-order valence-corrected chi connectivity index (χ3v) is 5.64.